The monoisotopic (exact) mass is 566 g/mol. The van der Waals surface area contributed by atoms with Gasteiger partial charge in [-0.15, -0.1) is 0 Å². The molecule has 1 amide bonds. The second-order valence-corrected chi connectivity index (χ2v) is 11.7. The van der Waals surface area contributed by atoms with Crippen LogP contribution in [-0.2, 0) is 4.79 Å². The summed E-state index contributed by atoms with van der Waals surface area (Å²) in [6.45, 7) is 6.23. The topological polar surface area (TPSA) is 85.4 Å². The first-order valence-corrected chi connectivity index (χ1v) is 14.7. The quantitative estimate of drug-likeness (QED) is 0.318. The molecule has 2 fully saturated rings. The van der Waals surface area contributed by atoms with Crippen molar-refractivity contribution >= 4 is 28.3 Å². The molecule has 2 aromatic heterocycles. The minimum absolute atomic E-state index is 0.0785. The third kappa shape index (κ3) is 4.77. The molecule has 8 nitrogen and oxygen atoms in total. The van der Waals surface area contributed by atoms with Gasteiger partial charge in [0.15, 0.2) is 0 Å². The van der Waals surface area contributed by atoms with Gasteiger partial charge in [0.2, 0.25) is 0 Å². The smallest absolute Gasteiger partial charge is 0.269 e. The molecule has 9 heteroatoms. The summed E-state index contributed by atoms with van der Waals surface area (Å²) in [6, 6.07) is 15.1. The van der Waals surface area contributed by atoms with Gasteiger partial charge in [0.25, 0.3) is 11.5 Å². The highest BCUT2D eigenvalue weighted by Gasteiger charge is 2.29. The van der Waals surface area contributed by atoms with Crippen molar-refractivity contribution in [3.63, 3.8) is 0 Å². The Balaban J connectivity index is 1.21. The average Bonchev–Trinajstić information content (AvgIpc) is 3.74. The molecule has 1 saturated heterocycles. The Labute approximate surface area is 243 Å². The van der Waals surface area contributed by atoms with Crippen molar-refractivity contribution in [2.24, 2.45) is 0 Å². The van der Waals surface area contributed by atoms with Gasteiger partial charge in [0.05, 0.1) is 11.1 Å². The van der Waals surface area contributed by atoms with Gasteiger partial charge in [-0.05, 0) is 84.2 Å². The highest BCUT2D eigenvalue weighted by atomic mass is 19.1. The summed E-state index contributed by atoms with van der Waals surface area (Å²) in [5.41, 5.74) is 3.74. The van der Waals surface area contributed by atoms with Crippen molar-refractivity contribution in [1.82, 2.24) is 19.8 Å². The number of rotatable bonds is 6. The van der Waals surface area contributed by atoms with Crippen molar-refractivity contribution in [2.75, 3.05) is 50.0 Å². The normalized spacial score (nSPS) is 19.4. The van der Waals surface area contributed by atoms with Crippen LogP contribution in [0.3, 0.4) is 0 Å². The highest BCUT2D eigenvalue weighted by Crippen LogP contribution is 2.41. The minimum Gasteiger partial charge on any atom is -0.356 e. The van der Waals surface area contributed by atoms with E-state index in [0.717, 1.165) is 67.3 Å². The standard InChI is InChI=1S/C33H35FN6O2/c1-20-25(4-3-5-28(20)40-13-10-22-16-23(21-6-7-21)17-26(34)31(22)33(40)42)24-18-27(32(41)38(2)19-24)36-29-8-9-30(37-29)39-14-11-35-12-15-39/h3-5,8-10,13,16-18,21,24,35-37H,6-7,11-12,14-15,19H2,1-2H3. The van der Waals surface area contributed by atoms with Gasteiger partial charge in [0, 0.05) is 51.9 Å². The summed E-state index contributed by atoms with van der Waals surface area (Å²) in [6.07, 6.45) is 5.86. The summed E-state index contributed by atoms with van der Waals surface area (Å²) in [7, 11) is 1.80. The molecule has 3 N–H and O–H groups in total. The number of benzene rings is 2. The number of likely N-dealkylation sites (N-methyl/N-ethyl adjacent to an activating group) is 1. The summed E-state index contributed by atoms with van der Waals surface area (Å²) in [5, 5.41) is 7.43. The zero-order chi connectivity index (χ0) is 29.0. The van der Waals surface area contributed by atoms with Crippen molar-refractivity contribution in [3.8, 4) is 5.69 Å². The van der Waals surface area contributed by atoms with Gasteiger partial charge in [-0.3, -0.25) is 14.2 Å². The minimum atomic E-state index is -0.460. The van der Waals surface area contributed by atoms with E-state index < -0.39 is 5.82 Å². The first-order valence-electron chi connectivity index (χ1n) is 14.7. The predicted molar refractivity (Wildman–Crippen MR) is 164 cm³/mol. The summed E-state index contributed by atoms with van der Waals surface area (Å²) < 4.78 is 16.7. The van der Waals surface area contributed by atoms with Crippen LogP contribution in [0.1, 0.15) is 41.4 Å². The average molecular weight is 567 g/mol. The van der Waals surface area contributed by atoms with Crippen LogP contribution in [0, 0.1) is 12.7 Å². The van der Waals surface area contributed by atoms with Gasteiger partial charge in [-0.1, -0.05) is 18.2 Å². The van der Waals surface area contributed by atoms with Crippen LogP contribution in [0.25, 0.3) is 16.5 Å². The van der Waals surface area contributed by atoms with E-state index in [-0.39, 0.29) is 22.8 Å². The number of nitrogens with one attached hydrogen (secondary N) is 3. The lowest BCUT2D eigenvalue weighted by Gasteiger charge is -2.31. The maximum absolute atomic E-state index is 15.2. The lowest BCUT2D eigenvalue weighted by molar-refractivity contribution is -0.126. The number of halogens is 1. The number of anilines is 2. The van der Waals surface area contributed by atoms with Crippen LogP contribution in [0.5, 0.6) is 0 Å². The van der Waals surface area contributed by atoms with E-state index in [4.69, 9.17) is 0 Å². The van der Waals surface area contributed by atoms with Gasteiger partial charge in [-0.25, -0.2) is 4.39 Å². The number of piperazine rings is 1. The fraction of sp³-hybridized carbons (Fsp3) is 0.333. The second kappa shape index (κ2) is 10.5. The number of hydrogen-bond acceptors (Lipinski definition) is 5. The maximum atomic E-state index is 15.2. The number of aromatic amines is 1. The summed E-state index contributed by atoms with van der Waals surface area (Å²) in [5.74, 6) is 1.56. The molecule has 7 rings (SSSR count). The Morgan fingerprint density at radius 1 is 1.02 bits per heavy atom. The number of carbonyl (C=O) groups excluding carboxylic acids is 1. The van der Waals surface area contributed by atoms with Crippen LogP contribution in [0.2, 0.25) is 0 Å². The SMILES string of the molecule is Cc1c(C2C=C(Nc3ccc(N4CCNCC4)[nH]3)C(=O)N(C)C2)cccc1-n1ccc2cc(C3CC3)cc(F)c2c1=O. The van der Waals surface area contributed by atoms with E-state index in [1.54, 1.807) is 18.1 Å². The molecule has 2 aromatic carbocycles. The third-order valence-electron chi connectivity index (χ3n) is 8.85. The molecular weight excluding hydrogens is 531 g/mol. The van der Waals surface area contributed by atoms with Gasteiger partial charge < -0.3 is 25.4 Å². The number of nitrogens with zero attached hydrogens (tertiary/aromatic N) is 3. The van der Waals surface area contributed by atoms with E-state index in [1.165, 1.54) is 10.6 Å². The molecule has 1 atom stereocenters. The Hall–Kier alpha value is -4.37. The lowest BCUT2D eigenvalue weighted by atomic mass is 9.90. The number of H-pyrrole nitrogens is 1. The van der Waals surface area contributed by atoms with Crippen LogP contribution in [0.15, 0.2) is 71.3 Å². The Morgan fingerprint density at radius 2 is 1.83 bits per heavy atom. The van der Waals surface area contributed by atoms with Crippen LogP contribution in [-0.4, -0.2) is 60.1 Å². The molecule has 4 heterocycles. The van der Waals surface area contributed by atoms with Crippen LogP contribution < -0.4 is 21.1 Å². The molecule has 0 bridgehead atoms. The molecule has 0 radical (unpaired) electrons. The molecule has 0 spiro atoms. The van der Waals surface area contributed by atoms with Crippen molar-refractivity contribution in [3.05, 3.63) is 99.4 Å². The molecular formula is C33H35FN6O2. The Bertz CT molecular complexity index is 1780. The summed E-state index contributed by atoms with van der Waals surface area (Å²) >= 11 is 0. The van der Waals surface area contributed by atoms with Gasteiger partial charge in [0.1, 0.15) is 23.1 Å². The van der Waals surface area contributed by atoms with Crippen LogP contribution in [0.4, 0.5) is 16.0 Å². The molecule has 4 aromatic rings. The summed E-state index contributed by atoms with van der Waals surface area (Å²) in [4.78, 5) is 34.1. The number of fused-ring (bicyclic) bond motifs is 1. The van der Waals surface area contributed by atoms with Gasteiger partial charge in [-0.2, -0.15) is 0 Å². The van der Waals surface area contributed by atoms with Crippen molar-refractivity contribution in [2.45, 2.75) is 31.6 Å². The number of hydrogen-bond donors (Lipinski definition) is 3. The van der Waals surface area contributed by atoms with E-state index in [0.29, 0.717) is 29.2 Å². The third-order valence-corrected chi connectivity index (χ3v) is 8.85. The Kier molecular flexibility index (Phi) is 6.61. The predicted octanol–water partition coefficient (Wildman–Crippen LogP) is 4.60. The van der Waals surface area contributed by atoms with Gasteiger partial charge >= 0.3 is 0 Å². The molecule has 1 aliphatic carbocycles. The number of aromatic nitrogens is 2. The first-order chi connectivity index (χ1) is 20.4. The van der Waals surface area contributed by atoms with E-state index in [9.17, 15) is 9.59 Å². The molecule has 1 unspecified atom stereocenters. The Morgan fingerprint density at radius 3 is 2.62 bits per heavy atom. The molecule has 216 valence electrons. The van der Waals surface area contributed by atoms with E-state index in [1.807, 2.05) is 55.5 Å². The fourth-order valence-corrected chi connectivity index (χ4v) is 6.38. The largest absolute Gasteiger partial charge is 0.356 e. The van der Waals surface area contributed by atoms with Crippen molar-refractivity contribution < 1.29 is 9.18 Å². The number of carbonyl (C=O) groups is 1. The maximum Gasteiger partial charge on any atom is 0.269 e. The zero-order valence-corrected chi connectivity index (χ0v) is 23.9. The molecule has 1 saturated carbocycles. The van der Waals surface area contributed by atoms with Crippen molar-refractivity contribution in [1.29, 1.82) is 0 Å². The van der Waals surface area contributed by atoms with Crippen LogP contribution >= 0.6 is 0 Å². The molecule has 3 aliphatic rings. The number of pyridine rings is 1. The highest BCUT2D eigenvalue weighted by molar-refractivity contribution is 5.97. The van der Waals surface area contributed by atoms with E-state index >= 15 is 4.39 Å². The fourth-order valence-electron chi connectivity index (χ4n) is 6.38. The first kappa shape index (κ1) is 26.5. The second-order valence-electron chi connectivity index (χ2n) is 11.7. The van der Waals surface area contributed by atoms with E-state index in [2.05, 4.69) is 20.5 Å². The number of amides is 1. The zero-order valence-electron chi connectivity index (χ0n) is 23.9. The molecule has 42 heavy (non-hydrogen) atoms. The molecule has 2 aliphatic heterocycles. The lowest BCUT2D eigenvalue weighted by Crippen LogP contribution is -2.43.